The van der Waals surface area contributed by atoms with Gasteiger partial charge in [-0.25, -0.2) is 4.79 Å². The van der Waals surface area contributed by atoms with Crippen molar-refractivity contribution in [2.75, 3.05) is 14.2 Å². The van der Waals surface area contributed by atoms with E-state index in [-0.39, 0.29) is 11.3 Å². The predicted octanol–water partition coefficient (Wildman–Crippen LogP) is 4.71. The summed E-state index contributed by atoms with van der Waals surface area (Å²) >= 11 is 0. The van der Waals surface area contributed by atoms with Gasteiger partial charge in [-0.1, -0.05) is 30.3 Å². The van der Waals surface area contributed by atoms with E-state index in [9.17, 15) is 9.59 Å². The monoisotopic (exact) mass is 420 g/mol. The van der Waals surface area contributed by atoms with Crippen molar-refractivity contribution in [3.63, 3.8) is 0 Å². The van der Waals surface area contributed by atoms with Crippen LogP contribution in [0.1, 0.15) is 33.2 Å². The molecule has 31 heavy (non-hydrogen) atoms. The fraction of sp³-hybridized carbons (Fsp3) is 0.200. The van der Waals surface area contributed by atoms with Gasteiger partial charge in [-0.05, 0) is 55.0 Å². The van der Waals surface area contributed by atoms with Crippen molar-refractivity contribution in [2.45, 2.75) is 19.6 Å². The van der Waals surface area contributed by atoms with Crippen LogP contribution in [0.25, 0.3) is 0 Å². The van der Waals surface area contributed by atoms with E-state index in [2.05, 4.69) is 0 Å². The molecule has 0 unspecified atom stereocenters. The normalized spacial score (nSPS) is 11.3. The quantitative estimate of drug-likeness (QED) is 0.369. The summed E-state index contributed by atoms with van der Waals surface area (Å²) in [5.74, 6) is 0.626. The van der Waals surface area contributed by atoms with Crippen LogP contribution in [-0.4, -0.2) is 32.1 Å². The van der Waals surface area contributed by atoms with Crippen LogP contribution in [0, 0.1) is 0 Å². The topological polar surface area (TPSA) is 71.1 Å². The molecule has 0 N–H and O–H groups in total. The second-order valence-corrected chi connectivity index (χ2v) is 6.78. The van der Waals surface area contributed by atoms with Crippen LogP contribution in [0.2, 0.25) is 0 Å². The molecule has 0 radical (unpaired) electrons. The molecule has 160 valence electrons. The fourth-order valence-electron chi connectivity index (χ4n) is 2.92. The number of Topliss-reactive ketones (excluding diaryl/α,β-unsaturated/α-hetero) is 1. The molecule has 3 aromatic rings. The first-order chi connectivity index (χ1) is 15.0. The smallest absolute Gasteiger partial charge is 0.338 e. The number of ether oxygens (including phenoxy) is 4. The molecule has 0 spiro atoms. The molecule has 0 fully saturated rings. The van der Waals surface area contributed by atoms with Gasteiger partial charge in [-0.15, -0.1) is 0 Å². The molecule has 0 saturated carbocycles. The summed E-state index contributed by atoms with van der Waals surface area (Å²) in [7, 11) is 3.04. The summed E-state index contributed by atoms with van der Waals surface area (Å²) in [6.45, 7) is 1.91. The summed E-state index contributed by atoms with van der Waals surface area (Å²) in [6, 6.07) is 21.1. The number of methoxy groups -OCH3 is 2. The number of carbonyl (C=O) groups is 2. The van der Waals surface area contributed by atoms with Crippen molar-refractivity contribution in [2.24, 2.45) is 0 Å². The molecule has 6 heteroatoms. The van der Waals surface area contributed by atoms with Crippen molar-refractivity contribution in [3.05, 3.63) is 89.5 Å². The van der Waals surface area contributed by atoms with Crippen molar-refractivity contribution >= 4 is 11.8 Å². The molecular weight excluding hydrogens is 396 g/mol. The fourth-order valence-corrected chi connectivity index (χ4v) is 2.92. The Balaban J connectivity index is 1.65. The number of ketones is 1. The van der Waals surface area contributed by atoms with Gasteiger partial charge in [0, 0.05) is 5.56 Å². The molecule has 0 amide bonds. The molecule has 0 aliphatic rings. The summed E-state index contributed by atoms with van der Waals surface area (Å²) in [5.41, 5.74) is 1.71. The van der Waals surface area contributed by atoms with Gasteiger partial charge in [0.25, 0.3) is 0 Å². The first kappa shape index (κ1) is 21.9. The van der Waals surface area contributed by atoms with Gasteiger partial charge in [-0.3, -0.25) is 4.79 Å². The van der Waals surface area contributed by atoms with Gasteiger partial charge in [0.15, 0.2) is 17.6 Å². The Morgan fingerprint density at radius 3 is 2.13 bits per heavy atom. The second-order valence-electron chi connectivity index (χ2n) is 6.78. The van der Waals surface area contributed by atoms with E-state index < -0.39 is 12.1 Å². The molecule has 0 heterocycles. The lowest BCUT2D eigenvalue weighted by Crippen LogP contribution is -2.24. The van der Waals surface area contributed by atoms with Crippen molar-refractivity contribution in [3.8, 4) is 17.2 Å². The summed E-state index contributed by atoms with van der Waals surface area (Å²) < 4.78 is 21.6. The highest BCUT2D eigenvalue weighted by atomic mass is 16.5. The first-order valence-electron chi connectivity index (χ1n) is 9.76. The van der Waals surface area contributed by atoms with Gasteiger partial charge < -0.3 is 18.9 Å². The molecule has 0 bridgehead atoms. The highest BCUT2D eigenvalue weighted by molar-refractivity contribution is 6.01. The molecule has 3 aromatic carbocycles. The zero-order valence-corrected chi connectivity index (χ0v) is 17.7. The van der Waals surface area contributed by atoms with Crippen LogP contribution in [-0.2, 0) is 11.3 Å². The molecule has 3 rings (SSSR count). The minimum absolute atomic E-state index is 0.262. The molecule has 1 atom stereocenters. The average molecular weight is 420 g/mol. The summed E-state index contributed by atoms with van der Waals surface area (Å²) in [5, 5.41) is 0. The largest absolute Gasteiger partial charge is 0.497 e. The van der Waals surface area contributed by atoms with E-state index in [1.54, 1.807) is 50.4 Å². The Bertz CT molecular complexity index is 1030. The van der Waals surface area contributed by atoms with Crippen LogP contribution in [0.3, 0.4) is 0 Å². The number of carbonyl (C=O) groups excluding carboxylic acids is 2. The van der Waals surface area contributed by atoms with E-state index in [0.29, 0.717) is 29.4 Å². The maximum atomic E-state index is 12.6. The standard InChI is InChI=1S/C25H24O6/c1-17(24(26)19-9-12-21(28-2)13-10-19)31-25(27)20-11-14-22(23(15-20)29-3)30-16-18-7-5-4-6-8-18/h4-15,17H,16H2,1-3H3/t17-/m0/s1. The number of esters is 1. The van der Waals surface area contributed by atoms with Gasteiger partial charge in [-0.2, -0.15) is 0 Å². The van der Waals surface area contributed by atoms with E-state index in [1.165, 1.54) is 13.2 Å². The maximum Gasteiger partial charge on any atom is 0.338 e. The van der Waals surface area contributed by atoms with E-state index >= 15 is 0 Å². The lowest BCUT2D eigenvalue weighted by molar-refractivity contribution is 0.0318. The molecule has 0 aliphatic carbocycles. The van der Waals surface area contributed by atoms with Crippen LogP contribution in [0.5, 0.6) is 17.2 Å². The predicted molar refractivity (Wildman–Crippen MR) is 116 cm³/mol. The first-order valence-corrected chi connectivity index (χ1v) is 9.76. The number of hydrogen-bond donors (Lipinski definition) is 0. The number of benzene rings is 3. The second kappa shape index (κ2) is 10.3. The van der Waals surface area contributed by atoms with Gasteiger partial charge in [0.2, 0.25) is 5.78 Å². The molecule has 0 saturated heterocycles. The third-order valence-electron chi connectivity index (χ3n) is 4.66. The summed E-state index contributed by atoms with van der Waals surface area (Å²) in [4.78, 5) is 25.1. The van der Waals surface area contributed by atoms with Gasteiger partial charge in [0.05, 0.1) is 19.8 Å². The van der Waals surface area contributed by atoms with E-state index in [1.807, 2.05) is 30.3 Å². The Labute approximate surface area is 181 Å². The zero-order chi connectivity index (χ0) is 22.2. The van der Waals surface area contributed by atoms with Gasteiger partial charge in [0.1, 0.15) is 12.4 Å². The Morgan fingerprint density at radius 2 is 1.48 bits per heavy atom. The lowest BCUT2D eigenvalue weighted by atomic mass is 10.1. The van der Waals surface area contributed by atoms with Crippen molar-refractivity contribution in [1.82, 2.24) is 0 Å². The highest BCUT2D eigenvalue weighted by Gasteiger charge is 2.21. The minimum Gasteiger partial charge on any atom is -0.497 e. The van der Waals surface area contributed by atoms with Crippen molar-refractivity contribution < 1.29 is 28.5 Å². The summed E-state index contributed by atoms with van der Waals surface area (Å²) in [6.07, 6.45) is -0.944. The van der Waals surface area contributed by atoms with Crippen LogP contribution in [0.4, 0.5) is 0 Å². The zero-order valence-electron chi connectivity index (χ0n) is 17.7. The van der Waals surface area contributed by atoms with Crippen molar-refractivity contribution in [1.29, 1.82) is 0 Å². The highest BCUT2D eigenvalue weighted by Crippen LogP contribution is 2.29. The van der Waals surface area contributed by atoms with E-state index in [0.717, 1.165) is 5.56 Å². The van der Waals surface area contributed by atoms with Crippen LogP contribution in [0.15, 0.2) is 72.8 Å². The minimum atomic E-state index is -0.944. The third kappa shape index (κ3) is 5.63. The Morgan fingerprint density at radius 1 is 0.806 bits per heavy atom. The third-order valence-corrected chi connectivity index (χ3v) is 4.66. The maximum absolute atomic E-state index is 12.6. The van der Waals surface area contributed by atoms with E-state index in [4.69, 9.17) is 18.9 Å². The van der Waals surface area contributed by atoms with Crippen LogP contribution >= 0.6 is 0 Å². The lowest BCUT2D eigenvalue weighted by Gasteiger charge is -2.15. The molecular formula is C25H24O6. The molecule has 6 nitrogen and oxygen atoms in total. The van der Waals surface area contributed by atoms with Crippen LogP contribution < -0.4 is 14.2 Å². The SMILES string of the molecule is COc1ccc(C(=O)[C@H](C)OC(=O)c2ccc(OCc3ccccc3)c(OC)c2)cc1. The Kier molecular flexibility index (Phi) is 7.27. The number of hydrogen-bond acceptors (Lipinski definition) is 6. The molecule has 0 aromatic heterocycles. The average Bonchev–Trinajstić information content (AvgIpc) is 2.82. The number of rotatable bonds is 9. The Hall–Kier alpha value is -3.80. The molecule has 0 aliphatic heterocycles. The van der Waals surface area contributed by atoms with Gasteiger partial charge >= 0.3 is 5.97 Å².